The van der Waals surface area contributed by atoms with E-state index < -0.39 is 73.1 Å². The zero-order valence-corrected chi connectivity index (χ0v) is 16.6. The predicted molar refractivity (Wildman–Crippen MR) is 102 cm³/mol. The molecule has 15 heteroatoms. The van der Waals surface area contributed by atoms with Gasteiger partial charge in [0.1, 0.15) is 18.2 Å². The number of likely N-dealkylation sites (N-methyl/N-ethyl adjacent to an activating group) is 1. The Morgan fingerprint density at radius 1 is 1.32 bits per heavy atom. The van der Waals surface area contributed by atoms with Crippen LogP contribution in [-0.4, -0.2) is 107 Å². The van der Waals surface area contributed by atoms with Crippen LogP contribution in [0.2, 0.25) is 0 Å². The lowest BCUT2D eigenvalue weighted by atomic mass is 9.93. The average Bonchev–Trinajstić information content (AvgIpc) is 2.70. The molecule has 0 bridgehead atoms. The number of aliphatic hydroxyl groups excluding tert-OH is 3. The quantitative estimate of drug-likeness (QED) is 0.171. The summed E-state index contributed by atoms with van der Waals surface area (Å²) in [5.74, 6) is -2.65. The molecule has 2 rings (SSSR count). The van der Waals surface area contributed by atoms with Crippen LogP contribution in [0.5, 0.6) is 0 Å². The van der Waals surface area contributed by atoms with Crippen LogP contribution in [0.1, 0.15) is 0 Å². The number of aliphatic hydroxyl groups is 3. The summed E-state index contributed by atoms with van der Waals surface area (Å²) < 4.78 is 5.44. The van der Waals surface area contributed by atoms with Gasteiger partial charge in [0.05, 0.1) is 25.4 Å². The Kier molecular flexibility index (Phi) is 8.26. The molecule has 2 aliphatic rings. The molecule has 11 N–H and O–H groups in total. The predicted octanol–water partition coefficient (Wildman–Crippen LogP) is -6.08. The fourth-order valence-corrected chi connectivity index (χ4v) is 3.09. The number of hydrogen-bond donors (Lipinski definition) is 9. The highest BCUT2D eigenvalue weighted by atomic mass is 16.5. The Morgan fingerprint density at radius 3 is 2.55 bits per heavy atom. The van der Waals surface area contributed by atoms with E-state index in [9.17, 15) is 34.5 Å². The molecule has 2 heterocycles. The molecule has 0 saturated carbocycles. The van der Waals surface area contributed by atoms with Crippen molar-refractivity contribution in [2.45, 2.75) is 42.8 Å². The van der Waals surface area contributed by atoms with Crippen LogP contribution in [0, 0.1) is 0 Å². The minimum absolute atomic E-state index is 0.127. The first-order chi connectivity index (χ1) is 14.6. The Morgan fingerprint density at radius 2 is 2.00 bits per heavy atom. The zero-order valence-electron chi connectivity index (χ0n) is 16.6. The zero-order chi connectivity index (χ0) is 23.3. The summed E-state index contributed by atoms with van der Waals surface area (Å²) in [6.07, 6.45) is -4.94. The summed E-state index contributed by atoms with van der Waals surface area (Å²) in [5, 5.41) is 39.8. The topological polar surface area (TPSA) is 242 Å². The van der Waals surface area contributed by atoms with Crippen LogP contribution < -0.4 is 32.7 Å². The second-order valence-electron chi connectivity index (χ2n) is 6.92. The van der Waals surface area contributed by atoms with Crippen molar-refractivity contribution >= 4 is 23.8 Å². The van der Waals surface area contributed by atoms with E-state index in [0.717, 1.165) is 4.90 Å². The van der Waals surface area contributed by atoms with Gasteiger partial charge in [-0.25, -0.2) is 4.79 Å². The molecule has 0 aromatic heterocycles. The number of ether oxygens (including phenoxy) is 1. The monoisotopic (exact) mass is 445 g/mol. The highest BCUT2D eigenvalue weighted by molar-refractivity contribution is 5.89. The van der Waals surface area contributed by atoms with E-state index in [1.54, 1.807) is 0 Å². The second kappa shape index (κ2) is 10.5. The van der Waals surface area contributed by atoms with Crippen molar-refractivity contribution < 1.29 is 39.2 Å². The molecular weight excluding hydrogens is 418 g/mol. The molecule has 0 aliphatic carbocycles. The van der Waals surface area contributed by atoms with Crippen molar-refractivity contribution in [3.8, 4) is 0 Å². The molecule has 0 aromatic carbocycles. The molecule has 174 valence electrons. The highest BCUT2D eigenvalue weighted by Gasteiger charge is 2.50. The summed E-state index contributed by atoms with van der Waals surface area (Å²) in [6.45, 7) is -0.908. The number of nitrogens with one attached hydrogen (secondary N) is 4. The third-order valence-electron chi connectivity index (χ3n) is 4.64. The largest absolute Gasteiger partial charge is 0.394 e. The van der Waals surface area contributed by atoms with Gasteiger partial charge in [-0.1, -0.05) is 0 Å². The number of urea groups is 1. The van der Waals surface area contributed by atoms with E-state index in [2.05, 4.69) is 21.3 Å². The summed E-state index contributed by atoms with van der Waals surface area (Å²) in [6, 6.07) is -3.70. The molecule has 1 saturated heterocycles. The van der Waals surface area contributed by atoms with E-state index in [4.69, 9.17) is 16.2 Å². The van der Waals surface area contributed by atoms with Crippen LogP contribution in [-0.2, 0) is 19.1 Å². The van der Waals surface area contributed by atoms with Gasteiger partial charge in [-0.2, -0.15) is 0 Å². The molecule has 0 spiro atoms. The Balaban J connectivity index is 2.18. The van der Waals surface area contributed by atoms with Crippen molar-refractivity contribution in [2.24, 2.45) is 11.5 Å². The van der Waals surface area contributed by atoms with E-state index >= 15 is 0 Å². The van der Waals surface area contributed by atoms with Crippen LogP contribution in [0.4, 0.5) is 4.79 Å². The number of primary amides is 1. The lowest BCUT2D eigenvalue weighted by molar-refractivity contribution is -0.213. The van der Waals surface area contributed by atoms with Crippen molar-refractivity contribution in [1.82, 2.24) is 26.2 Å². The number of nitrogens with zero attached hydrogens (tertiary/aromatic N) is 1. The minimum Gasteiger partial charge on any atom is -0.394 e. The van der Waals surface area contributed by atoms with Crippen LogP contribution in [0.25, 0.3) is 0 Å². The molecule has 2 aliphatic heterocycles. The number of carbonyl (C=O) groups excluding carboxylic acids is 4. The van der Waals surface area contributed by atoms with Crippen molar-refractivity contribution in [1.29, 1.82) is 0 Å². The number of rotatable bonds is 8. The molecule has 31 heavy (non-hydrogen) atoms. The van der Waals surface area contributed by atoms with Gasteiger partial charge in [0.25, 0.3) is 0 Å². The minimum atomic E-state index is -1.80. The van der Waals surface area contributed by atoms with Gasteiger partial charge < -0.3 is 52.8 Å². The third-order valence-corrected chi connectivity index (χ3v) is 4.64. The molecule has 0 radical (unpaired) electrons. The Hall–Kier alpha value is -2.82. The van der Waals surface area contributed by atoms with Gasteiger partial charge in [0.2, 0.25) is 17.7 Å². The van der Waals surface area contributed by atoms with Crippen LogP contribution in [0.3, 0.4) is 0 Å². The first-order valence-corrected chi connectivity index (χ1v) is 9.29. The maximum absolute atomic E-state index is 12.5. The maximum Gasteiger partial charge on any atom is 0.325 e. The maximum atomic E-state index is 12.5. The van der Waals surface area contributed by atoms with Gasteiger partial charge in [0, 0.05) is 6.20 Å². The van der Waals surface area contributed by atoms with Gasteiger partial charge in [-0.05, 0) is 13.1 Å². The smallest absolute Gasteiger partial charge is 0.325 e. The van der Waals surface area contributed by atoms with Crippen molar-refractivity contribution in [3.63, 3.8) is 0 Å². The van der Waals surface area contributed by atoms with E-state index in [1.165, 1.54) is 19.3 Å². The van der Waals surface area contributed by atoms with E-state index in [1.807, 2.05) is 0 Å². The summed E-state index contributed by atoms with van der Waals surface area (Å²) in [4.78, 5) is 49.1. The molecule has 5 amide bonds. The fourth-order valence-electron chi connectivity index (χ4n) is 3.09. The molecule has 7 atom stereocenters. The van der Waals surface area contributed by atoms with Gasteiger partial charge in [-0.3, -0.25) is 19.3 Å². The van der Waals surface area contributed by atoms with Gasteiger partial charge >= 0.3 is 6.03 Å². The Labute approximate surface area is 176 Å². The highest BCUT2D eigenvalue weighted by Crippen LogP contribution is 2.25. The van der Waals surface area contributed by atoms with Crippen LogP contribution in [0.15, 0.2) is 12.3 Å². The molecular formula is C16H27N7O8. The number of carbonyl (C=O) groups is 4. The van der Waals surface area contributed by atoms with E-state index in [0.29, 0.717) is 0 Å². The molecule has 7 unspecified atom stereocenters. The number of amides is 5. The number of nitrogens with two attached hydrogens (primary N) is 2. The van der Waals surface area contributed by atoms with Gasteiger partial charge in [0.15, 0.2) is 12.3 Å². The fraction of sp³-hybridized carbons (Fsp3) is 0.625. The second-order valence-corrected chi connectivity index (χ2v) is 6.92. The first-order valence-electron chi connectivity index (χ1n) is 9.29. The Bertz CT molecular complexity index is 735. The van der Waals surface area contributed by atoms with Gasteiger partial charge in [-0.15, -0.1) is 0 Å². The van der Waals surface area contributed by atoms with Crippen molar-refractivity contribution in [3.05, 3.63) is 12.3 Å². The lowest BCUT2D eigenvalue weighted by Gasteiger charge is -2.45. The summed E-state index contributed by atoms with van der Waals surface area (Å²) in [7, 11) is 1.50. The third kappa shape index (κ3) is 5.66. The van der Waals surface area contributed by atoms with E-state index in [-0.39, 0.29) is 6.54 Å². The average molecular weight is 445 g/mol. The lowest BCUT2D eigenvalue weighted by Crippen LogP contribution is -2.71. The summed E-state index contributed by atoms with van der Waals surface area (Å²) >= 11 is 0. The number of hydrogen-bond acceptors (Lipinski definition) is 10. The normalized spacial score (nSPS) is 31.5. The summed E-state index contributed by atoms with van der Waals surface area (Å²) in [5.41, 5.74) is 10.9. The molecule has 0 aromatic rings. The van der Waals surface area contributed by atoms with Crippen LogP contribution >= 0.6 is 0 Å². The van der Waals surface area contributed by atoms with Crippen molar-refractivity contribution in [2.75, 3.05) is 20.2 Å². The molecule has 15 nitrogen and oxygen atoms in total. The molecule has 1 fully saturated rings. The standard InChI is InChI=1S/C16H27N7O8/c1-19-4-8(25)20-6(5-24)14(29)22-9-10(26)11(27)15(31-12(9)13(18)28)23-3-2-7(17)21-16(23)30/h2-3,6-7,9-12,15,19,24,26-27H,4-5,17H2,1H3,(H2,18,28)(H,20,25)(H,21,30)(H,22,29). The first kappa shape index (κ1) is 24.4. The SMILES string of the molecule is CNCC(=O)NC(CO)C(=O)NC1C(C(N)=O)OC(N2C=CC(N)NC2=O)C(O)C1O.